The van der Waals surface area contributed by atoms with Crippen LogP contribution in [0.25, 0.3) is 0 Å². The van der Waals surface area contributed by atoms with Crippen LogP contribution >= 0.6 is 0 Å². The third-order valence-electron chi connectivity index (χ3n) is 3.56. The molecule has 0 aromatic heterocycles. The Balaban J connectivity index is 2.16. The van der Waals surface area contributed by atoms with Crippen molar-refractivity contribution in [3.63, 3.8) is 0 Å². The topological polar surface area (TPSA) is 12.0 Å². The lowest BCUT2D eigenvalue weighted by molar-refractivity contribution is 0.572. The van der Waals surface area contributed by atoms with E-state index in [0.717, 1.165) is 12.0 Å². The summed E-state index contributed by atoms with van der Waals surface area (Å²) in [5.41, 5.74) is 4.35. The maximum Gasteiger partial charge on any atom is 0.00701 e. The van der Waals surface area contributed by atoms with Gasteiger partial charge in [-0.05, 0) is 51.6 Å². The van der Waals surface area contributed by atoms with Gasteiger partial charge in [-0.15, -0.1) is 0 Å². The molecule has 0 amide bonds. The molecule has 2 rings (SSSR count). The zero-order valence-corrected chi connectivity index (χ0v) is 10.0. The van der Waals surface area contributed by atoms with Crippen LogP contribution in [0.15, 0.2) is 18.2 Å². The van der Waals surface area contributed by atoms with E-state index >= 15 is 0 Å². The van der Waals surface area contributed by atoms with E-state index in [1.54, 1.807) is 5.56 Å². The van der Waals surface area contributed by atoms with Crippen LogP contribution in [0.2, 0.25) is 0 Å². The van der Waals surface area contributed by atoms with E-state index in [9.17, 15) is 0 Å². The summed E-state index contributed by atoms with van der Waals surface area (Å²) >= 11 is 0. The Labute approximate surface area is 92.9 Å². The van der Waals surface area contributed by atoms with Crippen molar-refractivity contribution in [1.29, 1.82) is 0 Å². The summed E-state index contributed by atoms with van der Waals surface area (Å²) in [7, 11) is 2.08. The highest BCUT2D eigenvalue weighted by molar-refractivity contribution is 5.31. The first-order chi connectivity index (χ1) is 7.19. The monoisotopic (exact) mass is 203 g/mol. The lowest BCUT2D eigenvalue weighted by atomic mass is 9.94. The van der Waals surface area contributed by atoms with Crippen LogP contribution in [-0.4, -0.2) is 13.1 Å². The first-order valence-corrected chi connectivity index (χ1v) is 5.94. The molecule has 2 atom stereocenters. The minimum absolute atomic E-state index is 0.732. The van der Waals surface area contributed by atoms with Gasteiger partial charge in [0.1, 0.15) is 0 Å². The van der Waals surface area contributed by atoms with Crippen LogP contribution in [-0.2, 0) is 0 Å². The Morgan fingerprint density at radius 1 is 1.07 bits per heavy atom. The van der Waals surface area contributed by atoms with Crippen molar-refractivity contribution in [3.05, 3.63) is 34.9 Å². The van der Waals surface area contributed by atoms with Gasteiger partial charge in [0.2, 0.25) is 0 Å². The summed E-state index contributed by atoms with van der Waals surface area (Å²) in [5, 5.41) is 3.39. The molecular formula is C14H21N. The van der Waals surface area contributed by atoms with Crippen molar-refractivity contribution < 1.29 is 0 Å². The summed E-state index contributed by atoms with van der Waals surface area (Å²) in [6.45, 7) is 4.39. The van der Waals surface area contributed by atoms with E-state index in [1.165, 1.54) is 30.4 Å². The van der Waals surface area contributed by atoms with Crippen LogP contribution in [0, 0.1) is 13.8 Å². The van der Waals surface area contributed by atoms with Gasteiger partial charge in [-0.1, -0.05) is 29.3 Å². The molecule has 0 bridgehead atoms. The predicted octanol–water partition coefficient (Wildman–Crippen LogP) is 3.16. The van der Waals surface area contributed by atoms with Crippen molar-refractivity contribution in [2.75, 3.05) is 7.05 Å². The molecule has 1 aromatic carbocycles. The molecule has 1 nitrogen and oxygen atoms in total. The molecule has 1 aromatic rings. The van der Waals surface area contributed by atoms with Crippen LogP contribution in [0.3, 0.4) is 0 Å². The Bertz CT molecular complexity index is 323. The number of hydrogen-bond donors (Lipinski definition) is 1. The predicted molar refractivity (Wildman–Crippen MR) is 65.4 cm³/mol. The van der Waals surface area contributed by atoms with Crippen LogP contribution < -0.4 is 5.32 Å². The second-order valence-electron chi connectivity index (χ2n) is 4.92. The van der Waals surface area contributed by atoms with Gasteiger partial charge in [0, 0.05) is 6.04 Å². The largest absolute Gasteiger partial charge is 0.317 e. The number of aryl methyl sites for hydroxylation is 2. The molecule has 1 heteroatoms. The zero-order valence-electron chi connectivity index (χ0n) is 10.0. The van der Waals surface area contributed by atoms with Gasteiger partial charge in [0.15, 0.2) is 0 Å². The average molecular weight is 203 g/mol. The third-order valence-corrected chi connectivity index (χ3v) is 3.56. The maximum atomic E-state index is 3.39. The Morgan fingerprint density at radius 3 is 2.27 bits per heavy atom. The van der Waals surface area contributed by atoms with Gasteiger partial charge in [-0.3, -0.25) is 0 Å². The Kier molecular flexibility index (Phi) is 3.11. The zero-order chi connectivity index (χ0) is 10.8. The Hall–Kier alpha value is -0.820. The first-order valence-electron chi connectivity index (χ1n) is 5.94. The maximum absolute atomic E-state index is 3.39. The molecule has 1 N–H and O–H groups in total. The van der Waals surface area contributed by atoms with E-state index in [2.05, 4.69) is 44.4 Å². The summed E-state index contributed by atoms with van der Waals surface area (Å²) in [4.78, 5) is 0. The van der Waals surface area contributed by atoms with Crippen molar-refractivity contribution in [2.45, 2.75) is 45.1 Å². The highest BCUT2D eigenvalue weighted by Gasteiger charge is 2.24. The second kappa shape index (κ2) is 4.36. The smallest absolute Gasteiger partial charge is 0.00701 e. The fourth-order valence-corrected chi connectivity index (χ4v) is 2.79. The quantitative estimate of drug-likeness (QED) is 0.778. The van der Waals surface area contributed by atoms with E-state index in [-0.39, 0.29) is 0 Å². The summed E-state index contributed by atoms with van der Waals surface area (Å²) in [5.74, 6) is 0.779. The lowest BCUT2D eigenvalue weighted by Gasteiger charge is -2.13. The fourth-order valence-electron chi connectivity index (χ4n) is 2.79. The van der Waals surface area contributed by atoms with Gasteiger partial charge < -0.3 is 5.32 Å². The fraction of sp³-hybridized carbons (Fsp3) is 0.571. The van der Waals surface area contributed by atoms with E-state index in [1.807, 2.05) is 0 Å². The molecule has 15 heavy (non-hydrogen) atoms. The summed E-state index contributed by atoms with van der Waals surface area (Å²) in [6, 6.07) is 7.70. The summed E-state index contributed by atoms with van der Waals surface area (Å²) < 4.78 is 0. The average Bonchev–Trinajstić information content (AvgIpc) is 2.64. The first kappa shape index (κ1) is 10.7. The Morgan fingerprint density at radius 2 is 1.73 bits per heavy atom. The molecule has 0 radical (unpaired) electrons. The minimum atomic E-state index is 0.732. The minimum Gasteiger partial charge on any atom is -0.317 e. The van der Waals surface area contributed by atoms with Crippen molar-refractivity contribution in [2.24, 2.45) is 0 Å². The standard InChI is InChI=1S/C14H21N/c1-10-6-11(2)8-13(7-10)12-4-5-14(9-12)15-3/h6-8,12,14-15H,4-5,9H2,1-3H3. The van der Waals surface area contributed by atoms with Gasteiger partial charge in [0.05, 0.1) is 0 Å². The number of nitrogens with one attached hydrogen (secondary N) is 1. The van der Waals surface area contributed by atoms with E-state index in [4.69, 9.17) is 0 Å². The molecule has 0 aliphatic heterocycles. The van der Waals surface area contributed by atoms with Crippen molar-refractivity contribution >= 4 is 0 Å². The molecule has 1 aliphatic carbocycles. The highest BCUT2D eigenvalue weighted by atomic mass is 14.9. The van der Waals surface area contributed by atoms with E-state index < -0.39 is 0 Å². The third kappa shape index (κ3) is 2.40. The summed E-state index contributed by atoms with van der Waals surface area (Å²) in [6.07, 6.45) is 3.97. The van der Waals surface area contributed by atoms with Crippen molar-refractivity contribution in [1.82, 2.24) is 5.32 Å². The van der Waals surface area contributed by atoms with Gasteiger partial charge in [0.25, 0.3) is 0 Å². The van der Waals surface area contributed by atoms with Crippen LogP contribution in [0.1, 0.15) is 41.9 Å². The van der Waals surface area contributed by atoms with Gasteiger partial charge >= 0.3 is 0 Å². The molecule has 0 spiro atoms. The number of benzene rings is 1. The van der Waals surface area contributed by atoms with Crippen LogP contribution in [0.5, 0.6) is 0 Å². The molecule has 0 heterocycles. The van der Waals surface area contributed by atoms with E-state index in [0.29, 0.717) is 0 Å². The second-order valence-corrected chi connectivity index (χ2v) is 4.92. The normalized spacial score (nSPS) is 25.8. The van der Waals surface area contributed by atoms with Crippen molar-refractivity contribution in [3.8, 4) is 0 Å². The lowest BCUT2D eigenvalue weighted by Crippen LogP contribution is -2.21. The van der Waals surface area contributed by atoms with Gasteiger partial charge in [-0.25, -0.2) is 0 Å². The molecule has 1 fully saturated rings. The highest BCUT2D eigenvalue weighted by Crippen LogP contribution is 2.34. The molecule has 2 unspecified atom stereocenters. The molecule has 1 aliphatic rings. The molecule has 1 saturated carbocycles. The molecule has 82 valence electrons. The van der Waals surface area contributed by atoms with Crippen LogP contribution in [0.4, 0.5) is 0 Å². The number of rotatable bonds is 2. The SMILES string of the molecule is CNC1CCC(c2cc(C)cc(C)c2)C1. The van der Waals surface area contributed by atoms with Gasteiger partial charge in [-0.2, -0.15) is 0 Å². The molecular weight excluding hydrogens is 182 g/mol. The number of hydrogen-bond acceptors (Lipinski definition) is 1. The molecule has 0 saturated heterocycles.